The monoisotopic (exact) mass is 507 g/mol. The number of anilines is 6. The third-order valence-corrected chi connectivity index (χ3v) is 6.48. The molecule has 0 unspecified atom stereocenters. The lowest BCUT2D eigenvalue weighted by Crippen LogP contribution is -2.20. The van der Waals surface area contributed by atoms with E-state index in [0.717, 1.165) is 23.4 Å². The Balaban J connectivity index is 1.62. The predicted molar refractivity (Wildman–Crippen MR) is 141 cm³/mol. The number of halogens is 2. The van der Waals surface area contributed by atoms with E-state index in [1.54, 1.807) is 24.1 Å². The average molecular weight is 508 g/mol. The van der Waals surface area contributed by atoms with Crippen LogP contribution in [0.15, 0.2) is 42.6 Å². The van der Waals surface area contributed by atoms with E-state index in [2.05, 4.69) is 45.8 Å². The molecule has 0 bridgehead atoms. The molecule has 1 aliphatic rings. The summed E-state index contributed by atoms with van der Waals surface area (Å²) < 4.78 is 14.8. The molecule has 186 valence electrons. The van der Waals surface area contributed by atoms with Gasteiger partial charge < -0.3 is 20.9 Å². The number of amides is 1. The fourth-order valence-electron chi connectivity index (χ4n) is 4.12. The SMILES string of the molecule is CN(CCC#N)c1cccc(F)c1Nc1nc(Nc2ccc3c(c2)C(C)(C)CCC(=O)N3)ncc1Cl. The summed E-state index contributed by atoms with van der Waals surface area (Å²) in [6.45, 7) is 4.65. The summed E-state index contributed by atoms with van der Waals surface area (Å²) in [7, 11) is 1.79. The Hall–Kier alpha value is -3.90. The van der Waals surface area contributed by atoms with Crippen molar-refractivity contribution in [2.45, 2.75) is 38.5 Å². The number of benzene rings is 2. The quantitative estimate of drug-likeness (QED) is 0.354. The van der Waals surface area contributed by atoms with Gasteiger partial charge in [-0.25, -0.2) is 9.37 Å². The zero-order chi connectivity index (χ0) is 25.9. The van der Waals surface area contributed by atoms with E-state index in [4.69, 9.17) is 16.9 Å². The number of hydrogen-bond acceptors (Lipinski definition) is 7. The van der Waals surface area contributed by atoms with Crippen LogP contribution in [0.2, 0.25) is 5.02 Å². The molecule has 36 heavy (non-hydrogen) atoms. The lowest BCUT2D eigenvalue weighted by molar-refractivity contribution is -0.116. The number of para-hydroxylation sites is 1. The molecule has 0 radical (unpaired) electrons. The second-order valence-electron chi connectivity index (χ2n) is 9.30. The molecule has 0 saturated heterocycles. The first-order valence-electron chi connectivity index (χ1n) is 11.6. The minimum absolute atomic E-state index is 0.00469. The molecule has 0 spiro atoms. The molecule has 1 aliphatic heterocycles. The molecule has 3 N–H and O–H groups in total. The number of rotatable bonds is 7. The number of nitriles is 1. The van der Waals surface area contributed by atoms with E-state index in [1.807, 2.05) is 18.2 Å². The van der Waals surface area contributed by atoms with Crippen molar-refractivity contribution in [1.82, 2.24) is 9.97 Å². The molecule has 8 nitrogen and oxygen atoms in total. The first-order chi connectivity index (χ1) is 17.2. The Morgan fingerprint density at radius 2 is 2.08 bits per heavy atom. The fourth-order valence-corrected chi connectivity index (χ4v) is 4.26. The van der Waals surface area contributed by atoms with E-state index in [1.165, 1.54) is 12.3 Å². The zero-order valence-electron chi connectivity index (χ0n) is 20.3. The average Bonchev–Trinajstić information content (AvgIpc) is 2.96. The third kappa shape index (κ3) is 5.50. The zero-order valence-corrected chi connectivity index (χ0v) is 21.1. The second kappa shape index (κ2) is 10.4. The summed E-state index contributed by atoms with van der Waals surface area (Å²) in [5.41, 5.74) is 3.13. The largest absolute Gasteiger partial charge is 0.372 e. The standard InChI is InChI=1S/C26H27ClFN7O/c1-26(2)11-10-22(36)32-20-9-8-16(14-17(20)26)31-25-30-15-18(27)24(34-25)33-23-19(28)6-4-7-21(23)35(3)13-5-12-29/h4,6-9,14-15H,5,10-11,13H2,1-3H3,(H,32,36)(H2,30,31,33,34). The van der Waals surface area contributed by atoms with E-state index >= 15 is 0 Å². The number of nitrogens with one attached hydrogen (secondary N) is 3. The van der Waals surface area contributed by atoms with Crippen LogP contribution in [0.3, 0.4) is 0 Å². The van der Waals surface area contributed by atoms with Crippen LogP contribution in [0.5, 0.6) is 0 Å². The Bertz CT molecular complexity index is 1340. The highest BCUT2D eigenvalue weighted by Gasteiger charge is 2.29. The lowest BCUT2D eigenvalue weighted by atomic mass is 9.80. The van der Waals surface area contributed by atoms with Gasteiger partial charge in [-0.2, -0.15) is 10.2 Å². The van der Waals surface area contributed by atoms with Crippen molar-refractivity contribution in [3.8, 4) is 6.07 Å². The molecule has 10 heteroatoms. The number of fused-ring (bicyclic) bond motifs is 1. The Kier molecular flexibility index (Phi) is 7.27. The highest BCUT2D eigenvalue weighted by Crippen LogP contribution is 2.39. The van der Waals surface area contributed by atoms with Crippen LogP contribution < -0.4 is 20.9 Å². The summed E-state index contributed by atoms with van der Waals surface area (Å²) in [4.78, 5) is 22.6. The van der Waals surface area contributed by atoms with Crippen molar-refractivity contribution in [3.63, 3.8) is 0 Å². The van der Waals surface area contributed by atoms with Gasteiger partial charge in [-0.3, -0.25) is 4.79 Å². The van der Waals surface area contributed by atoms with Crippen LogP contribution >= 0.6 is 11.6 Å². The molecule has 0 aliphatic carbocycles. The Morgan fingerprint density at radius 3 is 2.86 bits per heavy atom. The maximum absolute atomic E-state index is 14.8. The van der Waals surface area contributed by atoms with E-state index in [9.17, 15) is 9.18 Å². The third-order valence-electron chi connectivity index (χ3n) is 6.21. The minimum atomic E-state index is -0.476. The van der Waals surface area contributed by atoms with Crippen molar-refractivity contribution in [3.05, 3.63) is 59.0 Å². The molecule has 2 aromatic carbocycles. The highest BCUT2D eigenvalue weighted by atomic mass is 35.5. The number of hydrogen-bond donors (Lipinski definition) is 3. The molecule has 3 aromatic rings. The first kappa shape index (κ1) is 25.2. The number of carbonyl (C=O) groups excluding carboxylic acids is 1. The number of carbonyl (C=O) groups is 1. The van der Waals surface area contributed by atoms with Gasteiger partial charge in [0.05, 0.1) is 30.1 Å². The normalized spacial score (nSPS) is 14.2. The Labute approximate surface area is 214 Å². The molecule has 2 heterocycles. The van der Waals surface area contributed by atoms with Crippen LogP contribution in [0.25, 0.3) is 0 Å². The van der Waals surface area contributed by atoms with Gasteiger partial charge in [0.25, 0.3) is 0 Å². The van der Waals surface area contributed by atoms with Crippen LogP contribution in [-0.2, 0) is 10.2 Å². The van der Waals surface area contributed by atoms with Crippen molar-refractivity contribution in [1.29, 1.82) is 5.26 Å². The molecule has 0 atom stereocenters. The molecular weight excluding hydrogens is 481 g/mol. The van der Waals surface area contributed by atoms with Crippen LogP contribution in [0.4, 0.5) is 38.9 Å². The molecule has 4 rings (SSSR count). The number of aromatic nitrogens is 2. The number of nitrogens with zero attached hydrogens (tertiary/aromatic N) is 4. The van der Waals surface area contributed by atoms with Gasteiger partial charge in [0, 0.05) is 31.4 Å². The van der Waals surface area contributed by atoms with Crippen LogP contribution in [0.1, 0.15) is 38.7 Å². The van der Waals surface area contributed by atoms with Crippen molar-refractivity contribution >= 4 is 52.0 Å². The van der Waals surface area contributed by atoms with Crippen molar-refractivity contribution in [2.24, 2.45) is 0 Å². The summed E-state index contributed by atoms with van der Waals surface area (Å²) in [5, 5.41) is 18.3. The van der Waals surface area contributed by atoms with Crippen LogP contribution in [0, 0.1) is 17.1 Å². The summed E-state index contributed by atoms with van der Waals surface area (Å²) in [5.74, 6) is 0.0326. The predicted octanol–water partition coefficient (Wildman–Crippen LogP) is 6.12. The van der Waals surface area contributed by atoms with Gasteiger partial charge in [0.2, 0.25) is 11.9 Å². The van der Waals surface area contributed by atoms with E-state index in [-0.39, 0.29) is 33.8 Å². The van der Waals surface area contributed by atoms with Gasteiger partial charge in [-0.05, 0) is 47.7 Å². The van der Waals surface area contributed by atoms with Crippen molar-refractivity contribution < 1.29 is 9.18 Å². The molecule has 0 saturated carbocycles. The van der Waals surface area contributed by atoms with Gasteiger partial charge in [0.15, 0.2) is 5.82 Å². The van der Waals surface area contributed by atoms with E-state index in [0.29, 0.717) is 25.1 Å². The first-order valence-corrected chi connectivity index (χ1v) is 11.9. The van der Waals surface area contributed by atoms with E-state index < -0.39 is 5.82 Å². The minimum Gasteiger partial charge on any atom is -0.372 e. The Morgan fingerprint density at radius 1 is 1.28 bits per heavy atom. The van der Waals surface area contributed by atoms with Gasteiger partial charge in [-0.1, -0.05) is 31.5 Å². The molecule has 1 amide bonds. The summed E-state index contributed by atoms with van der Waals surface area (Å²) in [6.07, 6.45) is 2.93. The maximum atomic E-state index is 14.8. The van der Waals surface area contributed by atoms with Gasteiger partial charge in [-0.15, -0.1) is 0 Å². The van der Waals surface area contributed by atoms with Crippen LogP contribution in [-0.4, -0.2) is 29.5 Å². The molecular formula is C26H27ClFN7O. The van der Waals surface area contributed by atoms with Crippen molar-refractivity contribution in [2.75, 3.05) is 34.4 Å². The lowest BCUT2D eigenvalue weighted by Gasteiger charge is -2.25. The fraction of sp³-hybridized carbons (Fsp3) is 0.308. The van der Waals surface area contributed by atoms with Gasteiger partial charge in [0.1, 0.15) is 10.8 Å². The topological polar surface area (TPSA) is 106 Å². The smallest absolute Gasteiger partial charge is 0.229 e. The van der Waals surface area contributed by atoms with Gasteiger partial charge >= 0.3 is 0 Å². The molecule has 0 fully saturated rings. The summed E-state index contributed by atoms with van der Waals surface area (Å²) >= 11 is 6.35. The summed E-state index contributed by atoms with van der Waals surface area (Å²) in [6, 6.07) is 12.5. The molecule has 1 aromatic heterocycles. The highest BCUT2D eigenvalue weighted by molar-refractivity contribution is 6.33. The maximum Gasteiger partial charge on any atom is 0.229 e. The second-order valence-corrected chi connectivity index (χ2v) is 9.70.